The molecule has 1 nitrogen and oxygen atoms in total. The van der Waals surface area contributed by atoms with Crippen molar-refractivity contribution in [2.24, 2.45) is 58.2 Å². The molecule has 0 aromatic carbocycles. The zero-order valence-electron chi connectivity index (χ0n) is 18.9. The Balaban J connectivity index is 1.33. The third kappa shape index (κ3) is 2.97. The van der Waals surface area contributed by atoms with Gasteiger partial charge in [-0.1, -0.05) is 39.8 Å². The molecule has 0 unspecified atom stereocenters. The van der Waals surface area contributed by atoms with Gasteiger partial charge in [-0.25, -0.2) is 0 Å². The van der Waals surface area contributed by atoms with E-state index in [1.807, 2.05) is 0 Å². The highest BCUT2D eigenvalue weighted by atomic mass is 16.3. The van der Waals surface area contributed by atoms with Crippen LogP contribution in [-0.2, 0) is 0 Å². The topological polar surface area (TPSA) is 20.2 Å². The van der Waals surface area contributed by atoms with E-state index >= 15 is 0 Å². The third-order valence-corrected chi connectivity index (χ3v) is 11.2. The van der Waals surface area contributed by atoms with Crippen LogP contribution >= 0.6 is 0 Å². The van der Waals surface area contributed by atoms with Gasteiger partial charge in [0.1, 0.15) is 0 Å². The number of aliphatic hydroxyl groups excluding tert-OH is 1. The first-order chi connectivity index (χ1) is 13.3. The minimum absolute atomic E-state index is 0.0128. The van der Waals surface area contributed by atoms with Crippen LogP contribution in [0.3, 0.4) is 0 Å². The van der Waals surface area contributed by atoms with Gasteiger partial charge >= 0.3 is 0 Å². The molecular weight excluding hydrogens is 340 g/mol. The van der Waals surface area contributed by atoms with Crippen molar-refractivity contribution < 1.29 is 5.11 Å². The maximum absolute atomic E-state index is 10.2. The van der Waals surface area contributed by atoms with Crippen LogP contribution in [0.25, 0.3) is 0 Å². The molecule has 0 aromatic heterocycles. The van der Waals surface area contributed by atoms with Crippen molar-refractivity contribution in [1.82, 2.24) is 0 Å². The van der Waals surface area contributed by atoms with E-state index < -0.39 is 0 Å². The first-order valence-electron chi connectivity index (χ1n) is 12.7. The van der Waals surface area contributed by atoms with Crippen molar-refractivity contribution >= 4 is 0 Å². The molecule has 5 aliphatic rings. The Kier molecular flexibility index (Phi) is 4.81. The summed E-state index contributed by atoms with van der Waals surface area (Å²) in [6, 6.07) is 0. The number of hydrogen-bond donors (Lipinski definition) is 1. The number of hydrogen-bond acceptors (Lipinski definition) is 1. The largest absolute Gasteiger partial charge is 0.393 e. The molecule has 0 amide bonds. The molecule has 1 N–H and O–H groups in total. The molecule has 5 fully saturated rings. The smallest absolute Gasteiger partial charge is 0.0543 e. The summed E-state index contributed by atoms with van der Waals surface area (Å²) in [5.74, 6) is 7.17. The van der Waals surface area contributed by atoms with E-state index in [0.717, 1.165) is 60.2 Å². The average molecular weight is 385 g/mol. The van der Waals surface area contributed by atoms with Gasteiger partial charge in [0.25, 0.3) is 0 Å². The summed E-state index contributed by atoms with van der Waals surface area (Å²) in [6.07, 6.45) is 18.7. The molecule has 0 bridgehead atoms. The molecule has 28 heavy (non-hydrogen) atoms. The van der Waals surface area contributed by atoms with Crippen LogP contribution < -0.4 is 0 Å². The van der Waals surface area contributed by atoms with Gasteiger partial charge in [0, 0.05) is 0 Å². The molecule has 11 atom stereocenters. The minimum Gasteiger partial charge on any atom is -0.393 e. The monoisotopic (exact) mass is 384 g/mol. The Morgan fingerprint density at radius 2 is 1.61 bits per heavy atom. The predicted molar refractivity (Wildman–Crippen MR) is 117 cm³/mol. The van der Waals surface area contributed by atoms with E-state index in [-0.39, 0.29) is 6.10 Å². The van der Waals surface area contributed by atoms with E-state index in [0.29, 0.717) is 10.8 Å². The van der Waals surface area contributed by atoms with Gasteiger partial charge in [-0.05, 0) is 122 Å². The summed E-state index contributed by atoms with van der Waals surface area (Å²) in [6.45, 7) is 10.2. The van der Waals surface area contributed by atoms with Crippen LogP contribution in [0.15, 0.2) is 12.2 Å². The Bertz CT molecular complexity index is 624. The summed E-state index contributed by atoms with van der Waals surface area (Å²) in [4.78, 5) is 0. The van der Waals surface area contributed by atoms with E-state index in [4.69, 9.17) is 0 Å². The van der Waals surface area contributed by atoms with Crippen molar-refractivity contribution in [3.05, 3.63) is 12.2 Å². The number of allylic oxidation sites excluding steroid dienone is 2. The summed E-state index contributed by atoms with van der Waals surface area (Å²) in [5.41, 5.74) is 1.10. The SMILES string of the molecule is C[C@H](/C=C/[C@H]1C[C@@H]1C)[C@H]1CC[C@H]2[C@@H]3CC[C@H]4C[C@@H](O)CC[C@]4(C)[C@H]3CC[C@]12C. The van der Waals surface area contributed by atoms with Crippen molar-refractivity contribution in [2.75, 3.05) is 0 Å². The molecule has 5 rings (SSSR count). The quantitative estimate of drug-likeness (QED) is 0.527. The molecule has 158 valence electrons. The van der Waals surface area contributed by atoms with Crippen molar-refractivity contribution in [2.45, 2.75) is 98.0 Å². The molecule has 1 heteroatoms. The molecule has 0 aromatic rings. The van der Waals surface area contributed by atoms with Crippen LogP contribution in [-0.4, -0.2) is 11.2 Å². The molecule has 0 heterocycles. The summed E-state index contributed by atoms with van der Waals surface area (Å²) in [5, 5.41) is 10.2. The zero-order chi connectivity index (χ0) is 19.7. The fourth-order valence-electron chi connectivity index (χ4n) is 9.21. The summed E-state index contributed by atoms with van der Waals surface area (Å²) in [7, 11) is 0. The zero-order valence-corrected chi connectivity index (χ0v) is 18.9. The fraction of sp³-hybridized carbons (Fsp3) is 0.926. The normalized spacial score (nSPS) is 56.8. The average Bonchev–Trinajstić information content (AvgIpc) is 3.25. The van der Waals surface area contributed by atoms with Gasteiger partial charge in [-0.15, -0.1) is 0 Å². The van der Waals surface area contributed by atoms with Crippen molar-refractivity contribution in [3.8, 4) is 0 Å². The lowest BCUT2D eigenvalue weighted by Gasteiger charge is -2.61. The molecule has 5 saturated carbocycles. The second kappa shape index (κ2) is 6.86. The Hall–Kier alpha value is -0.300. The van der Waals surface area contributed by atoms with Crippen LogP contribution in [0.4, 0.5) is 0 Å². The highest BCUT2D eigenvalue weighted by molar-refractivity contribution is 5.12. The van der Waals surface area contributed by atoms with Crippen LogP contribution in [0.1, 0.15) is 91.9 Å². The van der Waals surface area contributed by atoms with Gasteiger partial charge in [0.05, 0.1) is 6.10 Å². The van der Waals surface area contributed by atoms with Crippen molar-refractivity contribution in [1.29, 1.82) is 0 Å². The second-order valence-corrected chi connectivity index (χ2v) is 12.4. The van der Waals surface area contributed by atoms with Crippen molar-refractivity contribution in [3.63, 3.8) is 0 Å². The van der Waals surface area contributed by atoms with Crippen LogP contribution in [0, 0.1) is 58.2 Å². The lowest BCUT2D eigenvalue weighted by atomic mass is 9.44. The third-order valence-electron chi connectivity index (χ3n) is 11.2. The van der Waals surface area contributed by atoms with Gasteiger partial charge in [0.15, 0.2) is 0 Å². The molecule has 0 aliphatic heterocycles. The van der Waals surface area contributed by atoms with Crippen LogP contribution in [0.2, 0.25) is 0 Å². The lowest BCUT2D eigenvalue weighted by molar-refractivity contribution is -0.128. The molecule has 0 spiro atoms. The number of fused-ring (bicyclic) bond motifs is 5. The van der Waals surface area contributed by atoms with E-state index in [1.165, 1.54) is 51.4 Å². The molecule has 0 radical (unpaired) electrons. The Morgan fingerprint density at radius 1 is 0.893 bits per heavy atom. The van der Waals surface area contributed by atoms with Gasteiger partial charge in [-0.2, -0.15) is 0 Å². The molecule has 5 aliphatic carbocycles. The Morgan fingerprint density at radius 3 is 2.36 bits per heavy atom. The Labute approximate surface area is 173 Å². The second-order valence-electron chi connectivity index (χ2n) is 12.4. The first kappa shape index (κ1) is 19.7. The minimum atomic E-state index is -0.0128. The standard InChI is InChI=1S/C27H44O/c1-17(5-6-19-15-18(19)2)23-9-10-24-22-8-7-20-16-21(28)11-13-26(20,3)25(22)12-14-27(23,24)4/h5-6,17-25,28H,7-16H2,1-4H3/b6-5+/t17-,18+,19+,20+,21+,22+,23-,24+,25+,26+,27-/m1/s1. The summed E-state index contributed by atoms with van der Waals surface area (Å²) >= 11 is 0. The lowest BCUT2D eigenvalue weighted by Crippen LogP contribution is -2.54. The molecule has 0 saturated heterocycles. The highest BCUT2D eigenvalue weighted by Gasteiger charge is 2.60. The van der Waals surface area contributed by atoms with Gasteiger partial charge in [0.2, 0.25) is 0 Å². The highest BCUT2D eigenvalue weighted by Crippen LogP contribution is 2.68. The first-order valence-corrected chi connectivity index (χ1v) is 12.7. The molecular formula is C27H44O. The summed E-state index contributed by atoms with van der Waals surface area (Å²) < 4.78 is 0. The number of rotatable bonds is 3. The van der Waals surface area contributed by atoms with E-state index in [1.54, 1.807) is 0 Å². The van der Waals surface area contributed by atoms with Gasteiger partial charge in [-0.3, -0.25) is 0 Å². The number of aliphatic hydroxyl groups is 1. The maximum atomic E-state index is 10.2. The predicted octanol–water partition coefficient (Wildman–Crippen LogP) is 6.85. The van der Waals surface area contributed by atoms with Crippen LogP contribution in [0.5, 0.6) is 0 Å². The van der Waals surface area contributed by atoms with E-state index in [9.17, 15) is 5.11 Å². The maximum Gasteiger partial charge on any atom is 0.0543 e. The van der Waals surface area contributed by atoms with E-state index in [2.05, 4.69) is 39.8 Å². The fourth-order valence-corrected chi connectivity index (χ4v) is 9.21. The van der Waals surface area contributed by atoms with Gasteiger partial charge < -0.3 is 5.11 Å².